The van der Waals surface area contributed by atoms with Gasteiger partial charge in [-0.15, -0.1) is 0 Å². The monoisotopic (exact) mass is 207 g/mol. The smallest absolute Gasteiger partial charge is 0.255 e. The Morgan fingerprint density at radius 1 is 1.29 bits per heavy atom. The van der Waals surface area contributed by atoms with Crippen molar-refractivity contribution in [2.24, 2.45) is 0 Å². The van der Waals surface area contributed by atoms with Gasteiger partial charge in [0.1, 0.15) is 0 Å². The largest absolute Gasteiger partial charge is 0.329 e. The molecule has 0 spiro atoms. The van der Waals surface area contributed by atoms with E-state index in [0.29, 0.717) is 5.39 Å². The molecule has 0 amide bonds. The standard InChI is InChI=1S/C11H10ClNO/c1-2-7-8-5-6-13-11(14)9(8)3-4-10(7)12/h3-6H,2H2,1H3,(H,13,14). The van der Waals surface area contributed by atoms with Crippen molar-refractivity contribution in [2.75, 3.05) is 0 Å². The van der Waals surface area contributed by atoms with Gasteiger partial charge in [0.05, 0.1) is 0 Å². The summed E-state index contributed by atoms with van der Waals surface area (Å²) in [5.74, 6) is 0. The molecule has 2 aromatic rings. The molecule has 0 fully saturated rings. The molecule has 0 bridgehead atoms. The summed E-state index contributed by atoms with van der Waals surface area (Å²) >= 11 is 6.04. The number of aryl methyl sites for hydroxylation is 1. The summed E-state index contributed by atoms with van der Waals surface area (Å²) in [5.41, 5.74) is 0.976. The minimum atomic E-state index is -0.0612. The summed E-state index contributed by atoms with van der Waals surface area (Å²) < 4.78 is 0. The fourth-order valence-corrected chi connectivity index (χ4v) is 1.96. The van der Waals surface area contributed by atoms with Crippen LogP contribution >= 0.6 is 11.6 Å². The molecule has 0 unspecified atom stereocenters. The van der Waals surface area contributed by atoms with E-state index in [4.69, 9.17) is 11.6 Å². The van der Waals surface area contributed by atoms with Gasteiger partial charge in [0.15, 0.2) is 0 Å². The Hall–Kier alpha value is -1.28. The predicted octanol–water partition coefficient (Wildman–Crippen LogP) is 2.74. The van der Waals surface area contributed by atoms with Crippen molar-refractivity contribution in [1.82, 2.24) is 4.98 Å². The highest BCUT2D eigenvalue weighted by molar-refractivity contribution is 6.32. The van der Waals surface area contributed by atoms with E-state index >= 15 is 0 Å². The zero-order valence-electron chi connectivity index (χ0n) is 7.80. The molecular weight excluding hydrogens is 198 g/mol. The van der Waals surface area contributed by atoms with Gasteiger partial charge in [0, 0.05) is 16.6 Å². The molecule has 0 saturated carbocycles. The number of rotatable bonds is 1. The third-order valence-corrected chi connectivity index (χ3v) is 2.72. The van der Waals surface area contributed by atoms with Crippen LogP contribution in [0.25, 0.3) is 10.8 Å². The molecule has 1 aromatic heterocycles. The van der Waals surface area contributed by atoms with Gasteiger partial charge < -0.3 is 4.98 Å². The second kappa shape index (κ2) is 3.46. The Morgan fingerprint density at radius 2 is 2.07 bits per heavy atom. The lowest BCUT2D eigenvalue weighted by Crippen LogP contribution is -2.05. The van der Waals surface area contributed by atoms with Gasteiger partial charge in [0.25, 0.3) is 5.56 Å². The predicted molar refractivity (Wildman–Crippen MR) is 59.0 cm³/mol. The molecule has 2 nitrogen and oxygen atoms in total. The lowest BCUT2D eigenvalue weighted by molar-refractivity contribution is 1.15. The summed E-state index contributed by atoms with van der Waals surface area (Å²) in [7, 11) is 0. The van der Waals surface area contributed by atoms with Crippen molar-refractivity contribution in [3.63, 3.8) is 0 Å². The van der Waals surface area contributed by atoms with Crippen LogP contribution in [0.15, 0.2) is 29.2 Å². The second-order valence-corrected chi connectivity index (χ2v) is 3.55. The van der Waals surface area contributed by atoms with Gasteiger partial charge in [-0.2, -0.15) is 0 Å². The molecular formula is C11H10ClNO. The first kappa shape index (κ1) is 9.28. The second-order valence-electron chi connectivity index (χ2n) is 3.15. The van der Waals surface area contributed by atoms with E-state index in [1.165, 1.54) is 0 Å². The molecule has 0 radical (unpaired) electrons. The van der Waals surface area contributed by atoms with Crippen LogP contribution < -0.4 is 5.56 Å². The molecule has 0 aliphatic heterocycles. The van der Waals surface area contributed by atoms with Crippen LogP contribution in [0.4, 0.5) is 0 Å². The highest BCUT2D eigenvalue weighted by atomic mass is 35.5. The van der Waals surface area contributed by atoms with Crippen molar-refractivity contribution >= 4 is 22.4 Å². The third kappa shape index (κ3) is 1.32. The molecule has 0 aliphatic rings. The fraction of sp³-hybridized carbons (Fsp3) is 0.182. The van der Waals surface area contributed by atoms with Gasteiger partial charge >= 0.3 is 0 Å². The van der Waals surface area contributed by atoms with Crippen molar-refractivity contribution in [3.8, 4) is 0 Å². The van der Waals surface area contributed by atoms with Crippen LogP contribution in [0.1, 0.15) is 12.5 Å². The third-order valence-electron chi connectivity index (χ3n) is 2.36. The lowest BCUT2D eigenvalue weighted by atomic mass is 10.0. The quantitative estimate of drug-likeness (QED) is 0.767. The maximum absolute atomic E-state index is 11.5. The highest BCUT2D eigenvalue weighted by Gasteiger charge is 2.05. The SMILES string of the molecule is CCc1c(Cl)ccc2c(=O)[nH]ccc12. The maximum Gasteiger partial charge on any atom is 0.255 e. The van der Waals surface area contributed by atoms with Gasteiger partial charge in [0.2, 0.25) is 0 Å². The topological polar surface area (TPSA) is 32.9 Å². The first-order valence-corrected chi connectivity index (χ1v) is 4.90. The number of H-pyrrole nitrogens is 1. The Bertz CT molecular complexity index is 530. The number of hydrogen-bond donors (Lipinski definition) is 1. The Morgan fingerprint density at radius 3 is 2.79 bits per heavy atom. The van der Waals surface area contributed by atoms with Crippen LogP contribution in [-0.2, 0) is 6.42 Å². The molecule has 14 heavy (non-hydrogen) atoms. The Labute approximate surface area is 86.5 Å². The lowest BCUT2D eigenvalue weighted by Gasteiger charge is -2.05. The number of hydrogen-bond acceptors (Lipinski definition) is 1. The van der Waals surface area contributed by atoms with E-state index in [-0.39, 0.29) is 5.56 Å². The molecule has 3 heteroatoms. The average Bonchev–Trinajstić information content (AvgIpc) is 2.18. The van der Waals surface area contributed by atoms with Crippen LogP contribution in [-0.4, -0.2) is 4.98 Å². The fourth-order valence-electron chi connectivity index (χ4n) is 1.66. The first-order valence-electron chi connectivity index (χ1n) is 4.53. The van der Waals surface area contributed by atoms with Crippen molar-refractivity contribution < 1.29 is 0 Å². The van der Waals surface area contributed by atoms with Gasteiger partial charge in [-0.3, -0.25) is 4.79 Å². The number of benzene rings is 1. The van der Waals surface area contributed by atoms with E-state index < -0.39 is 0 Å². The summed E-state index contributed by atoms with van der Waals surface area (Å²) in [6.45, 7) is 2.03. The number of pyridine rings is 1. The molecule has 1 heterocycles. The average molecular weight is 208 g/mol. The zero-order chi connectivity index (χ0) is 10.1. The molecule has 2 rings (SSSR count). The number of aromatic nitrogens is 1. The summed E-state index contributed by atoms with van der Waals surface area (Å²) in [5, 5.41) is 2.38. The number of halogens is 1. The summed E-state index contributed by atoms with van der Waals surface area (Å²) in [4.78, 5) is 14.1. The maximum atomic E-state index is 11.5. The number of fused-ring (bicyclic) bond motifs is 1. The number of nitrogens with one attached hydrogen (secondary N) is 1. The van der Waals surface area contributed by atoms with E-state index in [9.17, 15) is 4.79 Å². The van der Waals surface area contributed by atoms with Gasteiger partial charge in [-0.1, -0.05) is 18.5 Å². The first-order chi connectivity index (χ1) is 6.74. The van der Waals surface area contributed by atoms with Crippen LogP contribution in [0.5, 0.6) is 0 Å². The molecule has 0 saturated heterocycles. The van der Waals surface area contributed by atoms with E-state index in [1.807, 2.05) is 13.0 Å². The minimum absolute atomic E-state index is 0.0612. The van der Waals surface area contributed by atoms with E-state index in [0.717, 1.165) is 22.4 Å². The summed E-state index contributed by atoms with van der Waals surface area (Å²) in [6, 6.07) is 5.43. The van der Waals surface area contributed by atoms with E-state index in [1.54, 1.807) is 18.3 Å². The van der Waals surface area contributed by atoms with E-state index in [2.05, 4.69) is 4.98 Å². The van der Waals surface area contributed by atoms with Crippen molar-refractivity contribution in [3.05, 3.63) is 45.3 Å². The summed E-state index contributed by atoms with van der Waals surface area (Å²) in [6.07, 6.45) is 2.49. The van der Waals surface area contributed by atoms with Crippen LogP contribution in [0.2, 0.25) is 5.02 Å². The van der Waals surface area contributed by atoms with Crippen LogP contribution in [0.3, 0.4) is 0 Å². The molecule has 1 N–H and O–H groups in total. The highest BCUT2D eigenvalue weighted by Crippen LogP contribution is 2.24. The van der Waals surface area contributed by atoms with Crippen molar-refractivity contribution in [1.29, 1.82) is 0 Å². The Kier molecular flexibility index (Phi) is 2.30. The minimum Gasteiger partial charge on any atom is -0.329 e. The van der Waals surface area contributed by atoms with Crippen LogP contribution in [0, 0.1) is 0 Å². The molecule has 0 aliphatic carbocycles. The Balaban J connectivity index is 2.95. The number of aromatic amines is 1. The normalized spacial score (nSPS) is 10.7. The van der Waals surface area contributed by atoms with Gasteiger partial charge in [-0.05, 0) is 35.6 Å². The van der Waals surface area contributed by atoms with Crippen molar-refractivity contribution in [2.45, 2.75) is 13.3 Å². The molecule has 0 atom stereocenters. The van der Waals surface area contributed by atoms with Gasteiger partial charge in [-0.25, -0.2) is 0 Å². The molecule has 72 valence electrons. The zero-order valence-corrected chi connectivity index (χ0v) is 8.56. The molecule has 1 aromatic carbocycles.